The summed E-state index contributed by atoms with van der Waals surface area (Å²) in [7, 11) is 0. The number of furan rings is 1. The summed E-state index contributed by atoms with van der Waals surface area (Å²) in [6, 6.07) is 14.5. The van der Waals surface area contributed by atoms with Crippen LogP contribution in [0, 0.1) is 24.0 Å². The fourth-order valence-corrected chi connectivity index (χ4v) is 3.84. The van der Waals surface area contributed by atoms with Crippen LogP contribution in [0.2, 0.25) is 10.0 Å². The van der Waals surface area contributed by atoms with Crippen molar-refractivity contribution < 1.29 is 18.9 Å². The third kappa shape index (κ3) is 5.64. The molecule has 1 amide bonds. The largest absolute Gasteiger partial charge is 0.484 e. The Bertz CT molecular complexity index is 1410. The summed E-state index contributed by atoms with van der Waals surface area (Å²) in [5.74, 6) is 0.123. The van der Waals surface area contributed by atoms with Crippen molar-refractivity contribution in [1.82, 2.24) is 9.78 Å². The second-order valence-electron chi connectivity index (χ2n) is 7.71. The van der Waals surface area contributed by atoms with Gasteiger partial charge in [0.15, 0.2) is 5.76 Å². The first kappa shape index (κ1) is 24.3. The number of benzene rings is 2. The van der Waals surface area contributed by atoms with E-state index in [0.29, 0.717) is 28.7 Å². The SMILES string of the molecule is Cc1nn(Cc2cccc(Cl)c2)c(C)c1NC(=O)c1ccc(COc2cc([N+](=O)[O-])ccc2Cl)o1. The Morgan fingerprint density at radius 1 is 1.17 bits per heavy atom. The van der Waals surface area contributed by atoms with Crippen LogP contribution in [-0.2, 0) is 13.2 Å². The Labute approximate surface area is 210 Å². The highest BCUT2D eigenvalue weighted by atomic mass is 35.5. The van der Waals surface area contributed by atoms with Crippen LogP contribution in [0.3, 0.4) is 0 Å². The van der Waals surface area contributed by atoms with Crippen LogP contribution in [0.4, 0.5) is 11.4 Å². The molecule has 2 heterocycles. The fourth-order valence-electron chi connectivity index (χ4n) is 3.46. The number of aryl methyl sites for hydroxylation is 1. The molecule has 0 fully saturated rings. The molecule has 0 aliphatic carbocycles. The van der Waals surface area contributed by atoms with Crippen molar-refractivity contribution in [1.29, 1.82) is 0 Å². The highest BCUT2D eigenvalue weighted by Crippen LogP contribution is 2.30. The number of anilines is 1. The van der Waals surface area contributed by atoms with Crippen LogP contribution in [-0.4, -0.2) is 20.6 Å². The maximum atomic E-state index is 12.8. The molecule has 11 heteroatoms. The number of hydrogen-bond donors (Lipinski definition) is 1. The Hall–Kier alpha value is -3.82. The number of nitro benzene ring substituents is 1. The van der Waals surface area contributed by atoms with E-state index in [1.807, 2.05) is 25.1 Å². The maximum Gasteiger partial charge on any atom is 0.291 e. The normalized spacial score (nSPS) is 10.9. The van der Waals surface area contributed by atoms with Crippen molar-refractivity contribution in [3.05, 3.63) is 103 Å². The summed E-state index contributed by atoms with van der Waals surface area (Å²) in [6.45, 7) is 4.11. The molecule has 9 nitrogen and oxygen atoms in total. The fraction of sp³-hybridized carbons (Fsp3) is 0.167. The van der Waals surface area contributed by atoms with Crippen molar-refractivity contribution >= 4 is 40.5 Å². The van der Waals surface area contributed by atoms with Gasteiger partial charge in [-0.3, -0.25) is 19.6 Å². The Kier molecular flexibility index (Phi) is 7.09. The first-order chi connectivity index (χ1) is 16.7. The standard InChI is InChI=1S/C24H20Cl2N4O5/c1-14-23(15(2)29(28-14)12-16-4-3-5-17(25)10-16)27-24(31)21-9-7-19(35-21)13-34-22-11-18(30(32)33)6-8-20(22)26/h3-11H,12-13H2,1-2H3,(H,27,31). The third-order valence-electron chi connectivity index (χ3n) is 5.22. The van der Waals surface area contributed by atoms with Gasteiger partial charge < -0.3 is 14.5 Å². The smallest absolute Gasteiger partial charge is 0.291 e. The molecular weight excluding hydrogens is 495 g/mol. The molecule has 2 aromatic heterocycles. The molecule has 180 valence electrons. The van der Waals surface area contributed by atoms with Gasteiger partial charge in [0, 0.05) is 11.1 Å². The molecule has 0 saturated carbocycles. The van der Waals surface area contributed by atoms with Crippen LogP contribution in [0.15, 0.2) is 59.0 Å². The lowest BCUT2D eigenvalue weighted by Crippen LogP contribution is -2.12. The van der Waals surface area contributed by atoms with E-state index in [1.165, 1.54) is 24.3 Å². The minimum Gasteiger partial charge on any atom is -0.484 e. The molecule has 0 aliphatic rings. The molecule has 4 aromatic rings. The molecule has 1 N–H and O–H groups in total. The van der Waals surface area contributed by atoms with Gasteiger partial charge in [-0.05, 0) is 49.7 Å². The van der Waals surface area contributed by atoms with Gasteiger partial charge in [0.1, 0.15) is 18.1 Å². The van der Waals surface area contributed by atoms with Gasteiger partial charge in [0.05, 0.1) is 39.6 Å². The number of rotatable bonds is 8. The van der Waals surface area contributed by atoms with Crippen LogP contribution < -0.4 is 10.1 Å². The summed E-state index contributed by atoms with van der Waals surface area (Å²) in [5, 5.41) is 19.2. The van der Waals surface area contributed by atoms with E-state index in [0.717, 1.165) is 11.3 Å². The van der Waals surface area contributed by atoms with Gasteiger partial charge in [-0.15, -0.1) is 0 Å². The average Bonchev–Trinajstić information content (AvgIpc) is 3.39. The summed E-state index contributed by atoms with van der Waals surface area (Å²) in [6.07, 6.45) is 0. The van der Waals surface area contributed by atoms with E-state index < -0.39 is 10.8 Å². The van der Waals surface area contributed by atoms with Gasteiger partial charge in [0.25, 0.3) is 11.6 Å². The highest BCUT2D eigenvalue weighted by Gasteiger charge is 2.18. The van der Waals surface area contributed by atoms with Gasteiger partial charge in [-0.1, -0.05) is 35.3 Å². The Morgan fingerprint density at radius 2 is 1.97 bits per heavy atom. The van der Waals surface area contributed by atoms with Gasteiger partial charge in [-0.2, -0.15) is 5.10 Å². The average molecular weight is 515 g/mol. The zero-order valence-corrected chi connectivity index (χ0v) is 20.3. The van der Waals surface area contributed by atoms with E-state index in [9.17, 15) is 14.9 Å². The number of non-ortho nitro benzene ring substituents is 1. The van der Waals surface area contributed by atoms with Gasteiger partial charge in [0.2, 0.25) is 0 Å². The number of hydrogen-bond acceptors (Lipinski definition) is 6. The zero-order chi connectivity index (χ0) is 25.1. The lowest BCUT2D eigenvalue weighted by atomic mass is 10.2. The molecule has 0 bridgehead atoms. The van der Waals surface area contributed by atoms with Gasteiger partial charge in [-0.25, -0.2) is 0 Å². The predicted molar refractivity (Wildman–Crippen MR) is 131 cm³/mol. The maximum absolute atomic E-state index is 12.8. The Balaban J connectivity index is 1.43. The van der Waals surface area contributed by atoms with E-state index in [2.05, 4.69) is 10.4 Å². The number of carbonyl (C=O) groups is 1. The van der Waals surface area contributed by atoms with E-state index in [1.54, 1.807) is 23.7 Å². The molecule has 0 unspecified atom stereocenters. The predicted octanol–water partition coefficient (Wildman–Crippen LogP) is 6.19. The quantitative estimate of drug-likeness (QED) is 0.221. The lowest BCUT2D eigenvalue weighted by Gasteiger charge is -2.07. The van der Waals surface area contributed by atoms with Crippen molar-refractivity contribution in [2.75, 3.05) is 5.32 Å². The van der Waals surface area contributed by atoms with Crippen LogP contribution in [0.25, 0.3) is 0 Å². The van der Waals surface area contributed by atoms with E-state index >= 15 is 0 Å². The van der Waals surface area contributed by atoms with Crippen molar-refractivity contribution in [2.45, 2.75) is 27.0 Å². The third-order valence-corrected chi connectivity index (χ3v) is 5.77. The summed E-state index contributed by atoms with van der Waals surface area (Å²) >= 11 is 12.1. The minimum atomic E-state index is -0.542. The monoisotopic (exact) mass is 514 g/mol. The number of amides is 1. The van der Waals surface area contributed by atoms with Gasteiger partial charge >= 0.3 is 0 Å². The molecule has 0 radical (unpaired) electrons. The molecule has 0 saturated heterocycles. The van der Waals surface area contributed by atoms with Crippen molar-refractivity contribution in [3.8, 4) is 5.75 Å². The molecule has 0 aliphatic heterocycles. The molecule has 35 heavy (non-hydrogen) atoms. The second kappa shape index (κ2) is 10.2. The molecule has 0 spiro atoms. The zero-order valence-electron chi connectivity index (χ0n) is 18.7. The van der Waals surface area contributed by atoms with Crippen molar-refractivity contribution in [2.24, 2.45) is 0 Å². The number of nitro groups is 1. The lowest BCUT2D eigenvalue weighted by molar-refractivity contribution is -0.384. The second-order valence-corrected chi connectivity index (χ2v) is 8.56. The Morgan fingerprint density at radius 3 is 2.71 bits per heavy atom. The highest BCUT2D eigenvalue weighted by molar-refractivity contribution is 6.32. The number of nitrogens with zero attached hydrogens (tertiary/aromatic N) is 3. The molecule has 4 rings (SSSR count). The number of carbonyl (C=O) groups excluding carboxylic acids is 1. The first-order valence-corrected chi connectivity index (χ1v) is 11.2. The summed E-state index contributed by atoms with van der Waals surface area (Å²) in [5.41, 5.74) is 2.88. The molecule has 0 atom stereocenters. The summed E-state index contributed by atoms with van der Waals surface area (Å²) < 4.78 is 12.9. The topological polar surface area (TPSA) is 112 Å². The number of halogens is 2. The van der Waals surface area contributed by atoms with E-state index in [-0.39, 0.29) is 28.8 Å². The summed E-state index contributed by atoms with van der Waals surface area (Å²) in [4.78, 5) is 23.2. The number of aromatic nitrogens is 2. The molecule has 2 aromatic carbocycles. The van der Waals surface area contributed by atoms with Crippen LogP contribution >= 0.6 is 23.2 Å². The van der Waals surface area contributed by atoms with Crippen LogP contribution in [0.1, 0.15) is 33.3 Å². The number of nitrogens with one attached hydrogen (secondary N) is 1. The molecular formula is C24H20Cl2N4O5. The van der Waals surface area contributed by atoms with Crippen LogP contribution in [0.5, 0.6) is 5.75 Å². The number of ether oxygens (including phenoxy) is 1. The minimum absolute atomic E-state index is 0.0657. The van der Waals surface area contributed by atoms with Crippen molar-refractivity contribution in [3.63, 3.8) is 0 Å². The first-order valence-electron chi connectivity index (χ1n) is 10.5. The van der Waals surface area contributed by atoms with E-state index in [4.69, 9.17) is 32.4 Å².